The summed E-state index contributed by atoms with van der Waals surface area (Å²) in [4.78, 5) is 2.54. The van der Waals surface area contributed by atoms with E-state index in [0.717, 1.165) is 42.9 Å². The third kappa shape index (κ3) is 4.54. The van der Waals surface area contributed by atoms with Crippen molar-refractivity contribution >= 4 is 21.4 Å². The van der Waals surface area contributed by atoms with Gasteiger partial charge in [0.2, 0.25) is 0 Å². The second kappa shape index (κ2) is 8.17. The molecule has 3 aromatic carbocycles. The number of benzene rings is 3. The number of aryl methyl sites for hydroxylation is 1. The molecule has 5 nitrogen and oxygen atoms in total. The summed E-state index contributed by atoms with van der Waals surface area (Å²) in [6.45, 7) is 3.76. The number of sulfonamides is 1. The van der Waals surface area contributed by atoms with Gasteiger partial charge in [-0.1, -0.05) is 24.3 Å². The van der Waals surface area contributed by atoms with Crippen LogP contribution in [0.5, 0.6) is 11.5 Å². The topological polar surface area (TPSA) is 58.6 Å². The Hall–Kier alpha value is -2.99. The molecule has 0 atom stereocenters. The van der Waals surface area contributed by atoms with Gasteiger partial charge in [0, 0.05) is 24.5 Å². The maximum Gasteiger partial charge on any atom is 0.262 e. The number of hydrogen-bond acceptors (Lipinski definition) is 4. The van der Waals surface area contributed by atoms with Crippen molar-refractivity contribution in [3.63, 3.8) is 0 Å². The van der Waals surface area contributed by atoms with Crippen molar-refractivity contribution < 1.29 is 13.2 Å². The summed E-state index contributed by atoms with van der Waals surface area (Å²) in [6, 6.07) is 22.0. The molecule has 4 rings (SSSR count). The molecule has 1 heterocycles. The van der Waals surface area contributed by atoms with Gasteiger partial charge >= 0.3 is 0 Å². The van der Waals surface area contributed by atoms with Gasteiger partial charge in [-0.2, -0.15) is 0 Å². The highest BCUT2D eigenvalue weighted by Crippen LogP contribution is 2.28. The van der Waals surface area contributed by atoms with E-state index in [9.17, 15) is 8.42 Å². The van der Waals surface area contributed by atoms with Crippen LogP contribution in [0.25, 0.3) is 0 Å². The van der Waals surface area contributed by atoms with E-state index in [-0.39, 0.29) is 0 Å². The Morgan fingerprint density at radius 3 is 2.21 bits per heavy atom. The summed E-state index contributed by atoms with van der Waals surface area (Å²) in [5.41, 5.74) is 2.18. The fourth-order valence-electron chi connectivity index (χ4n) is 3.48. The van der Waals surface area contributed by atoms with Crippen LogP contribution >= 0.6 is 0 Å². The largest absolute Gasteiger partial charge is 0.457 e. The smallest absolute Gasteiger partial charge is 0.262 e. The molecule has 0 spiro atoms. The minimum atomic E-state index is -3.69. The third-order valence-electron chi connectivity index (χ3n) is 5.02. The Morgan fingerprint density at radius 2 is 1.52 bits per heavy atom. The Kier molecular flexibility index (Phi) is 5.45. The van der Waals surface area contributed by atoms with Gasteiger partial charge in [0.15, 0.2) is 0 Å². The van der Waals surface area contributed by atoms with Crippen molar-refractivity contribution in [2.24, 2.45) is 0 Å². The monoisotopic (exact) mass is 408 g/mol. The summed E-state index contributed by atoms with van der Waals surface area (Å²) in [5, 5.41) is 0. The molecule has 1 N–H and O–H groups in total. The maximum atomic E-state index is 13.0. The SMILES string of the molecule is Cc1ccc(N2CCCC2)cc1S(=O)(=O)Nc1ccc(Oc2ccccc2)cc1. The van der Waals surface area contributed by atoms with Crippen molar-refractivity contribution in [1.82, 2.24) is 0 Å². The minimum absolute atomic E-state index is 0.312. The first-order valence-corrected chi connectivity index (χ1v) is 11.2. The fourth-order valence-corrected chi connectivity index (χ4v) is 4.80. The molecule has 1 fully saturated rings. The maximum absolute atomic E-state index is 13.0. The second-order valence-electron chi connectivity index (χ2n) is 7.19. The van der Waals surface area contributed by atoms with Crippen molar-refractivity contribution in [2.75, 3.05) is 22.7 Å². The van der Waals surface area contributed by atoms with Gasteiger partial charge in [0.25, 0.3) is 10.0 Å². The van der Waals surface area contributed by atoms with Crippen molar-refractivity contribution in [3.8, 4) is 11.5 Å². The molecule has 0 unspecified atom stereocenters. The predicted molar refractivity (Wildman–Crippen MR) is 116 cm³/mol. The van der Waals surface area contributed by atoms with Crippen LogP contribution in [0.4, 0.5) is 11.4 Å². The zero-order valence-corrected chi connectivity index (χ0v) is 17.2. The molecule has 1 aliphatic heterocycles. The molecule has 1 aliphatic rings. The number of nitrogens with one attached hydrogen (secondary N) is 1. The van der Waals surface area contributed by atoms with Crippen LogP contribution in [-0.4, -0.2) is 21.5 Å². The van der Waals surface area contributed by atoms with E-state index in [1.165, 1.54) is 0 Å². The molecular formula is C23H24N2O3S. The first-order valence-electron chi connectivity index (χ1n) is 9.73. The summed E-state index contributed by atoms with van der Waals surface area (Å²) in [7, 11) is -3.69. The summed E-state index contributed by atoms with van der Waals surface area (Å²) < 4.78 is 34.4. The number of hydrogen-bond donors (Lipinski definition) is 1. The zero-order chi connectivity index (χ0) is 20.3. The Bertz CT molecular complexity index is 1070. The zero-order valence-electron chi connectivity index (χ0n) is 16.3. The highest BCUT2D eigenvalue weighted by atomic mass is 32.2. The van der Waals surface area contributed by atoms with E-state index in [2.05, 4.69) is 9.62 Å². The molecule has 6 heteroatoms. The number of nitrogens with zero attached hydrogens (tertiary/aromatic N) is 1. The molecule has 0 aromatic heterocycles. The molecular weight excluding hydrogens is 384 g/mol. The lowest BCUT2D eigenvalue weighted by Crippen LogP contribution is -2.19. The standard InChI is InChI=1S/C23H24N2O3S/c1-18-9-12-20(25-15-5-6-16-25)17-23(18)29(26,27)24-19-10-13-22(14-11-19)28-21-7-3-2-4-8-21/h2-4,7-14,17,24H,5-6,15-16H2,1H3. The van der Waals surface area contributed by atoms with E-state index in [0.29, 0.717) is 16.3 Å². The van der Waals surface area contributed by atoms with Crippen molar-refractivity contribution in [3.05, 3.63) is 78.4 Å². The number of anilines is 2. The van der Waals surface area contributed by atoms with Crippen LogP contribution in [0.15, 0.2) is 77.7 Å². The van der Waals surface area contributed by atoms with Gasteiger partial charge in [-0.05, 0) is 73.9 Å². The molecule has 3 aromatic rings. The molecule has 0 bridgehead atoms. The number of rotatable bonds is 6. The number of ether oxygens (including phenoxy) is 1. The average Bonchev–Trinajstić information content (AvgIpc) is 3.25. The summed E-state index contributed by atoms with van der Waals surface area (Å²) in [6.07, 6.45) is 2.29. The number of para-hydroxylation sites is 1. The highest BCUT2D eigenvalue weighted by Gasteiger charge is 2.20. The van der Waals surface area contributed by atoms with Crippen molar-refractivity contribution in [2.45, 2.75) is 24.7 Å². The van der Waals surface area contributed by atoms with Gasteiger partial charge in [-0.25, -0.2) is 8.42 Å². The molecule has 29 heavy (non-hydrogen) atoms. The van der Waals surface area contributed by atoms with E-state index < -0.39 is 10.0 Å². The van der Waals surface area contributed by atoms with Gasteiger partial charge < -0.3 is 9.64 Å². The van der Waals surface area contributed by atoms with Crippen LogP contribution < -0.4 is 14.4 Å². The molecule has 0 radical (unpaired) electrons. The van der Waals surface area contributed by atoms with Crippen LogP contribution in [0.2, 0.25) is 0 Å². The minimum Gasteiger partial charge on any atom is -0.457 e. The van der Waals surface area contributed by atoms with Crippen LogP contribution in [0, 0.1) is 6.92 Å². The van der Waals surface area contributed by atoms with E-state index in [1.54, 1.807) is 30.3 Å². The van der Waals surface area contributed by atoms with Gasteiger partial charge in [-0.3, -0.25) is 4.72 Å². The van der Waals surface area contributed by atoms with Crippen LogP contribution in [0.3, 0.4) is 0 Å². The normalized spacial score (nSPS) is 14.0. The highest BCUT2D eigenvalue weighted by molar-refractivity contribution is 7.92. The van der Waals surface area contributed by atoms with E-state index >= 15 is 0 Å². The Balaban J connectivity index is 1.52. The quantitative estimate of drug-likeness (QED) is 0.610. The third-order valence-corrected chi connectivity index (χ3v) is 6.54. The summed E-state index contributed by atoms with van der Waals surface area (Å²) >= 11 is 0. The van der Waals surface area contributed by atoms with E-state index in [4.69, 9.17) is 4.74 Å². The lowest BCUT2D eigenvalue weighted by molar-refractivity contribution is 0.483. The predicted octanol–water partition coefficient (Wildman–Crippen LogP) is 5.19. The van der Waals surface area contributed by atoms with Crippen LogP contribution in [0.1, 0.15) is 18.4 Å². The first-order chi connectivity index (χ1) is 14.0. The molecule has 0 saturated carbocycles. The Labute approximate surface area is 172 Å². The summed E-state index contributed by atoms with van der Waals surface area (Å²) in [5.74, 6) is 1.38. The molecule has 150 valence electrons. The molecule has 0 amide bonds. The lowest BCUT2D eigenvalue weighted by atomic mass is 10.2. The van der Waals surface area contributed by atoms with Gasteiger partial charge in [0.05, 0.1) is 4.90 Å². The van der Waals surface area contributed by atoms with Crippen LogP contribution in [-0.2, 0) is 10.0 Å². The second-order valence-corrected chi connectivity index (χ2v) is 8.84. The van der Waals surface area contributed by atoms with Gasteiger partial charge in [0.1, 0.15) is 11.5 Å². The van der Waals surface area contributed by atoms with Gasteiger partial charge in [-0.15, -0.1) is 0 Å². The molecule has 0 aliphatic carbocycles. The average molecular weight is 409 g/mol. The molecule has 1 saturated heterocycles. The van der Waals surface area contributed by atoms with Crippen molar-refractivity contribution in [1.29, 1.82) is 0 Å². The Morgan fingerprint density at radius 1 is 0.862 bits per heavy atom. The van der Waals surface area contributed by atoms with E-state index in [1.807, 2.05) is 49.4 Å². The lowest BCUT2D eigenvalue weighted by Gasteiger charge is -2.19. The first kappa shape index (κ1) is 19.3. The fraction of sp³-hybridized carbons (Fsp3) is 0.217.